The van der Waals surface area contributed by atoms with Crippen LogP contribution in [0.5, 0.6) is 0 Å². The zero-order chi connectivity index (χ0) is 37.3. The highest BCUT2D eigenvalue weighted by molar-refractivity contribution is 8.00. The second kappa shape index (κ2) is 17.2. The van der Waals surface area contributed by atoms with Crippen molar-refractivity contribution in [2.45, 2.75) is 10.1 Å². The summed E-state index contributed by atoms with van der Waals surface area (Å²) in [6, 6.07) is 35.7. The number of non-ortho nitro benzene ring substituents is 1. The summed E-state index contributed by atoms with van der Waals surface area (Å²) in [6.45, 7) is 0. The third kappa shape index (κ3) is 9.56. The highest BCUT2D eigenvalue weighted by Crippen LogP contribution is 2.37. The SMILES string of the molecule is O=C(Nc1ccc(SC(C(=O)Nc2nc(-c3cccc([N+](=O)[O-])c3)cs2)c2ccccc2)cc1)/C(=C/c1c(Cl)cccc1Cl)NC(=O)c1ccccc1. The summed E-state index contributed by atoms with van der Waals surface area (Å²) in [7, 11) is 0. The van der Waals surface area contributed by atoms with Gasteiger partial charge in [-0.05, 0) is 60.2 Å². The van der Waals surface area contributed by atoms with Crippen molar-refractivity contribution < 1.29 is 19.3 Å². The second-order valence-corrected chi connectivity index (χ2v) is 14.1. The second-order valence-electron chi connectivity index (χ2n) is 11.2. The molecule has 1 aromatic heterocycles. The van der Waals surface area contributed by atoms with Gasteiger partial charge >= 0.3 is 0 Å². The number of aromatic nitrogens is 1. The molecule has 3 N–H and O–H groups in total. The third-order valence-corrected chi connectivity index (χ3v) is 10.3. The molecular formula is C39H27Cl2N5O5S2. The van der Waals surface area contributed by atoms with Crippen LogP contribution < -0.4 is 16.0 Å². The van der Waals surface area contributed by atoms with Crippen molar-refractivity contribution in [3.05, 3.63) is 175 Å². The Bertz CT molecular complexity index is 2300. The van der Waals surface area contributed by atoms with Crippen LogP contribution in [0.25, 0.3) is 17.3 Å². The molecule has 0 aliphatic rings. The van der Waals surface area contributed by atoms with Crippen molar-refractivity contribution in [1.29, 1.82) is 0 Å². The van der Waals surface area contributed by atoms with Crippen LogP contribution in [0, 0.1) is 10.1 Å². The van der Waals surface area contributed by atoms with E-state index in [4.69, 9.17) is 23.2 Å². The Balaban J connectivity index is 1.18. The van der Waals surface area contributed by atoms with Crippen molar-refractivity contribution in [2.24, 2.45) is 0 Å². The number of thioether (sulfide) groups is 1. The minimum Gasteiger partial charge on any atom is -0.321 e. The summed E-state index contributed by atoms with van der Waals surface area (Å²) in [6.07, 6.45) is 1.42. The van der Waals surface area contributed by atoms with Gasteiger partial charge in [-0.3, -0.25) is 24.5 Å². The first-order valence-electron chi connectivity index (χ1n) is 15.8. The number of carbonyl (C=O) groups excluding carboxylic acids is 3. The number of amides is 3. The maximum absolute atomic E-state index is 13.7. The topological polar surface area (TPSA) is 143 Å². The molecule has 0 fully saturated rings. The summed E-state index contributed by atoms with van der Waals surface area (Å²) in [4.78, 5) is 56.3. The van der Waals surface area contributed by atoms with Crippen molar-refractivity contribution >= 4 is 86.6 Å². The van der Waals surface area contributed by atoms with Crippen LogP contribution in [-0.2, 0) is 9.59 Å². The predicted molar refractivity (Wildman–Crippen MR) is 211 cm³/mol. The van der Waals surface area contributed by atoms with E-state index in [1.54, 1.807) is 90.3 Å². The number of nitro groups is 1. The standard InChI is InChI=1S/C39H27Cl2N5O5S2/c40-31-15-8-16-32(41)30(31)22-33(43-36(47)25-11-5-2-6-12-25)37(48)42-27-17-19-29(20-18-27)53-35(24-9-3-1-4-10-24)38(49)45-39-44-34(23-52-39)26-13-7-14-28(21-26)46(50)51/h1-23,35H,(H,42,48)(H,43,47)(H,44,45,49)/b33-22-. The zero-order valence-corrected chi connectivity index (χ0v) is 30.5. The minimum atomic E-state index is -0.676. The van der Waals surface area contributed by atoms with Gasteiger partial charge in [0.1, 0.15) is 10.9 Å². The number of benzene rings is 5. The van der Waals surface area contributed by atoms with E-state index in [1.807, 2.05) is 30.3 Å². The monoisotopic (exact) mass is 779 g/mol. The number of thiazole rings is 1. The Morgan fingerprint density at radius 1 is 0.811 bits per heavy atom. The Morgan fingerprint density at radius 2 is 1.47 bits per heavy atom. The van der Waals surface area contributed by atoms with Crippen LogP contribution >= 0.6 is 46.3 Å². The van der Waals surface area contributed by atoms with Crippen LogP contribution in [0.3, 0.4) is 0 Å². The first-order valence-corrected chi connectivity index (χ1v) is 18.3. The number of carbonyl (C=O) groups is 3. The fraction of sp³-hybridized carbons (Fsp3) is 0.0256. The first kappa shape index (κ1) is 37.0. The molecule has 0 radical (unpaired) electrons. The van der Waals surface area contributed by atoms with Crippen molar-refractivity contribution in [1.82, 2.24) is 10.3 Å². The zero-order valence-electron chi connectivity index (χ0n) is 27.4. The molecule has 1 unspecified atom stereocenters. The number of hydrogen-bond acceptors (Lipinski definition) is 8. The molecule has 53 heavy (non-hydrogen) atoms. The molecular weight excluding hydrogens is 753 g/mol. The lowest BCUT2D eigenvalue weighted by atomic mass is 10.1. The molecule has 0 saturated heterocycles. The molecule has 1 heterocycles. The molecule has 6 aromatic rings. The maximum Gasteiger partial charge on any atom is 0.272 e. The van der Waals surface area contributed by atoms with Gasteiger partial charge in [-0.1, -0.05) is 89.9 Å². The number of anilines is 2. The van der Waals surface area contributed by atoms with Gasteiger partial charge in [0, 0.05) is 54.8 Å². The van der Waals surface area contributed by atoms with Crippen LogP contribution in [0.2, 0.25) is 10.0 Å². The molecule has 0 saturated carbocycles. The van der Waals surface area contributed by atoms with Crippen LogP contribution in [0.15, 0.2) is 143 Å². The fourth-order valence-corrected chi connectivity index (χ4v) is 7.25. The lowest BCUT2D eigenvalue weighted by molar-refractivity contribution is -0.384. The average Bonchev–Trinajstić information content (AvgIpc) is 3.64. The summed E-state index contributed by atoms with van der Waals surface area (Å²) >= 11 is 15.3. The number of halogens is 2. The van der Waals surface area contributed by atoms with Crippen molar-refractivity contribution in [2.75, 3.05) is 10.6 Å². The van der Waals surface area contributed by atoms with Gasteiger partial charge in [0.15, 0.2) is 5.13 Å². The van der Waals surface area contributed by atoms with Gasteiger partial charge in [-0.15, -0.1) is 23.1 Å². The molecule has 14 heteroatoms. The highest BCUT2D eigenvalue weighted by atomic mass is 35.5. The van der Waals surface area contributed by atoms with Gasteiger partial charge in [0.25, 0.3) is 17.5 Å². The van der Waals surface area contributed by atoms with Gasteiger partial charge < -0.3 is 16.0 Å². The first-order chi connectivity index (χ1) is 25.6. The average molecular weight is 781 g/mol. The summed E-state index contributed by atoms with van der Waals surface area (Å²) in [5.41, 5.74) is 2.84. The van der Waals surface area contributed by atoms with E-state index >= 15 is 0 Å². The van der Waals surface area contributed by atoms with Crippen LogP contribution in [0.1, 0.15) is 26.7 Å². The van der Waals surface area contributed by atoms with E-state index in [-0.39, 0.29) is 17.3 Å². The van der Waals surface area contributed by atoms with E-state index in [2.05, 4.69) is 20.9 Å². The number of nitro benzene ring substituents is 1. The smallest absolute Gasteiger partial charge is 0.272 e. The molecule has 0 aliphatic heterocycles. The Hall–Kier alpha value is -5.79. The third-order valence-electron chi connectivity index (χ3n) is 7.61. The van der Waals surface area contributed by atoms with E-state index in [0.717, 1.165) is 10.5 Å². The highest BCUT2D eigenvalue weighted by Gasteiger charge is 2.24. The van der Waals surface area contributed by atoms with E-state index in [1.165, 1.54) is 41.3 Å². The molecule has 1 atom stereocenters. The molecule has 264 valence electrons. The Labute approximate surface area is 322 Å². The summed E-state index contributed by atoms with van der Waals surface area (Å²) in [5, 5.41) is 21.6. The minimum absolute atomic E-state index is 0.0547. The number of nitrogens with one attached hydrogen (secondary N) is 3. The van der Waals surface area contributed by atoms with E-state index in [9.17, 15) is 24.5 Å². The van der Waals surface area contributed by atoms with Crippen molar-refractivity contribution in [3.8, 4) is 11.3 Å². The van der Waals surface area contributed by atoms with Crippen LogP contribution in [0.4, 0.5) is 16.5 Å². The molecule has 0 spiro atoms. The largest absolute Gasteiger partial charge is 0.321 e. The molecule has 0 bridgehead atoms. The van der Waals surface area contributed by atoms with Gasteiger partial charge in [0.2, 0.25) is 5.91 Å². The normalized spacial score (nSPS) is 11.7. The van der Waals surface area contributed by atoms with E-state index < -0.39 is 22.0 Å². The number of hydrogen-bond donors (Lipinski definition) is 3. The fourth-order valence-electron chi connectivity index (χ4n) is 5.00. The number of rotatable bonds is 12. The molecule has 10 nitrogen and oxygen atoms in total. The quantitative estimate of drug-likeness (QED) is 0.0486. The lowest BCUT2D eigenvalue weighted by Crippen LogP contribution is -2.30. The van der Waals surface area contributed by atoms with Gasteiger partial charge in [0.05, 0.1) is 10.6 Å². The lowest BCUT2D eigenvalue weighted by Gasteiger charge is -2.17. The van der Waals surface area contributed by atoms with E-state index in [0.29, 0.717) is 43.2 Å². The number of nitrogens with zero attached hydrogens (tertiary/aromatic N) is 2. The molecule has 0 aliphatic carbocycles. The van der Waals surface area contributed by atoms with Crippen LogP contribution in [-0.4, -0.2) is 27.6 Å². The van der Waals surface area contributed by atoms with Gasteiger partial charge in [-0.2, -0.15) is 0 Å². The summed E-state index contributed by atoms with van der Waals surface area (Å²) < 4.78 is 0. The Kier molecular flexibility index (Phi) is 12.0. The predicted octanol–water partition coefficient (Wildman–Crippen LogP) is 9.91. The molecule has 3 amide bonds. The van der Waals surface area contributed by atoms with Gasteiger partial charge in [-0.25, -0.2) is 4.98 Å². The van der Waals surface area contributed by atoms with Crippen molar-refractivity contribution in [3.63, 3.8) is 0 Å². The Morgan fingerprint density at radius 3 is 2.15 bits per heavy atom. The molecule has 5 aromatic carbocycles. The maximum atomic E-state index is 13.7. The molecule has 6 rings (SSSR count). The summed E-state index contributed by atoms with van der Waals surface area (Å²) in [5.74, 6) is -1.43.